The van der Waals surface area contributed by atoms with Gasteiger partial charge < -0.3 is 10.5 Å². The molecule has 0 fully saturated rings. The molecular weight excluding hydrogens is 270 g/mol. The summed E-state index contributed by atoms with van der Waals surface area (Å²) in [5.41, 5.74) is 6.83. The Morgan fingerprint density at radius 3 is 2.81 bits per heavy atom. The van der Waals surface area contributed by atoms with Crippen LogP contribution in [0.5, 0.6) is 11.6 Å². The maximum atomic E-state index is 11.5. The van der Waals surface area contributed by atoms with Crippen LogP contribution in [-0.4, -0.2) is 26.1 Å². The first-order valence-electron chi connectivity index (χ1n) is 6.59. The fourth-order valence-electron chi connectivity index (χ4n) is 2.13. The van der Waals surface area contributed by atoms with Crippen molar-refractivity contribution in [3.8, 4) is 11.6 Å². The zero-order chi connectivity index (χ0) is 14.8. The lowest BCUT2D eigenvalue weighted by Gasteiger charge is -2.07. The number of benzene rings is 1. The first-order chi connectivity index (χ1) is 10.2. The van der Waals surface area contributed by atoms with Crippen molar-refractivity contribution in [2.45, 2.75) is 13.3 Å². The Balaban J connectivity index is 1.89. The Hall–Kier alpha value is -2.67. The number of H-pyrrole nitrogens is 1. The molecule has 0 radical (unpaired) electrons. The van der Waals surface area contributed by atoms with Gasteiger partial charge in [0, 0.05) is 6.07 Å². The highest BCUT2D eigenvalue weighted by atomic mass is 16.5. The van der Waals surface area contributed by atoms with Crippen LogP contribution in [0.1, 0.15) is 11.4 Å². The molecule has 0 saturated heterocycles. The molecule has 7 heteroatoms. The smallest absolute Gasteiger partial charge is 0.349 e. The largest absolute Gasteiger partial charge is 0.439 e. The van der Waals surface area contributed by atoms with Crippen molar-refractivity contribution in [2.24, 2.45) is 5.73 Å². The van der Waals surface area contributed by atoms with Crippen LogP contribution in [0.3, 0.4) is 0 Å². The lowest BCUT2D eigenvalue weighted by molar-refractivity contribution is 0.459. The molecule has 7 nitrogen and oxygen atoms in total. The second kappa shape index (κ2) is 5.37. The van der Waals surface area contributed by atoms with E-state index in [0.29, 0.717) is 29.6 Å². The van der Waals surface area contributed by atoms with Crippen molar-refractivity contribution in [3.05, 3.63) is 52.2 Å². The van der Waals surface area contributed by atoms with Crippen molar-refractivity contribution in [3.63, 3.8) is 0 Å². The van der Waals surface area contributed by atoms with E-state index in [1.807, 2.05) is 24.3 Å². The average molecular weight is 285 g/mol. The summed E-state index contributed by atoms with van der Waals surface area (Å²) in [6.45, 7) is 2.34. The fraction of sp³-hybridized carbons (Fsp3) is 0.214. The maximum absolute atomic E-state index is 11.5. The molecule has 0 amide bonds. The van der Waals surface area contributed by atoms with Crippen molar-refractivity contribution in [1.29, 1.82) is 0 Å². The highest BCUT2D eigenvalue weighted by Crippen LogP contribution is 2.21. The number of aryl methyl sites for hydroxylation is 1. The van der Waals surface area contributed by atoms with Gasteiger partial charge in [-0.2, -0.15) is 10.1 Å². The van der Waals surface area contributed by atoms with Gasteiger partial charge in [-0.3, -0.25) is 0 Å². The molecule has 3 rings (SSSR count). The van der Waals surface area contributed by atoms with Crippen LogP contribution in [0.4, 0.5) is 0 Å². The Morgan fingerprint density at radius 1 is 1.33 bits per heavy atom. The number of ether oxygens (including phenoxy) is 1. The van der Waals surface area contributed by atoms with Gasteiger partial charge in [0.05, 0.1) is 0 Å². The van der Waals surface area contributed by atoms with Gasteiger partial charge in [0.2, 0.25) is 5.88 Å². The monoisotopic (exact) mass is 285 g/mol. The van der Waals surface area contributed by atoms with Crippen LogP contribution in [0, 0.1) is 6.92 Å². The molecule has 108 valence electrons. The van der Waals surface area contributed by atoms with E-state index in [2.05, 4.69) is 15.2 Å². The molecular formula is C14H15N5O2. The zero-order valence-electron chi connectivity index (χ0n) is 11.5. The lowest BCUT2D eigenvalue weighted by atomic mass is 10.1. The summed E-state index contributed by atoms with van der Waals surface area (Å²) in [5, 5.41) is 6.29. The molecule has 0 bridgehead atoms. The average Bonchev–Trinajstić information content (AvgIpc) is 2.83. The minimum Gasteiger partial charge on any atom is -0.439 e. The van der Waals surface area contributed by atoms with E-state index in [9.17, 15) is 4.79 Å². The van der Waals surface area contributed by atoms with Gasteiger partial charge in [0.25, 0.3) is 0 Å². The maximum Gasteiger partial charge on any atom is 0.349 e. The molecule has 0 aliphatic carbocycles. The summed E-state index contributed by atoms with van der Waals surface area (Å²) in [4.78, 5) is 15.8. The summed E-state index contributed by atoms with van der Waals surface area (Å²) in [6, 6.07) is 9.27. The molecule has 3 aromatic rings. The number of rotatable bonds is 4. The minimum absolute atomic E-state index is 0.312. The van der Waals surface area contributed by atoms with Crippen molar-refractivity contribution in [1.82, 2.24) is 19.6 Å². The van der Waals surface area contributed by atoms with E-state index in [0.717, 1.165) is 12.0 Å². The predicted molar refractivity (Wildman–Crippen MR) is 77.6 cm³/mol. The number of aromatic amines is 1. The normalized spacial score (nSPS) is 11.0. The molecule has 21 heavy (non-hydrogen) atoms. The van der Waals surface area contributed by atoms with Gasteiger partial charge in [-0.15, -0.1) is 0 Å². The van der Waals surface area contributed by atoms with Crippen molar-refractivity contribution < 1.29 is 4.74 Å². The van der Waals surface area contributed by atoms with Gasteiger partial charge in [-0.05, 0) is 37.6 Å². The van der Waals surface area contributed by atoms with Gasteiger partial charge in [0.15, 0.2) is 5.65 Å². The summed E-state index contributed by atoms with van der Waals surface area (Å²) in [6.07, 6.45) is 0.833. The number of fused-ring (bicyclic) bond motifs is 1. The van der Waals surface area contributed by atoms with Crippen LogP contribution in [0.25, 0.3) is 5.65 Å². The quantitative estimate of drug-likeness (QED) is 0.745. The van der Waals surface area contributed by atoms with Gasteiger partial charge >= 0.3 is 5.69 Å². The van der Waals surface area contributed by atoms with Gasteiger partial charge in [0.1, 0.15) is 11.6 Å². The zero-order valence-corrected chi connectivity index (χ0v) is 11.5. The second-order valence-electron chi connectivity index (χ2n) is 4.65. The molecule has 0 atom stereocenters. The molecule has 0 aliphatic heterocycles. The summed E-state index contributed by atoms with van der Waals surface area (Å²) < 4.78 is 7.08. The van der Waals surface area contributed by atoms with Gasteiger partial charge in [-0.25, -0.2) is 14.3 Å². The van der Waals surface area contributed by atoms with Crippen LogP contribution in [-0.2, 0) is 6.42 Å². The molecule has 0 saturated carbocycles. The second-order valence-corrected chi connectivity index (χ2v) is 4.65. The number of nitrogens with two attached hydrogens (primary N) is 1. The minimum atomic E-state index is -0.312. The SMILES string of the molecule is Cc1nc(Oc2ccc(CCN)cc2)cc2n[nH]c(=O)n12. The van der Waals surface area contributed by atoms with E-state index >= 15 is 0 Å². The van der Waals surface area contributed by atoms with Crippen LogP contribution >= 0.6 is 0 Å². The van der Waals surface area contributed by atoms with Crippen LogP contribution in [0.2, 0.25) is 0 Å². The first-order valence-corrected chi connectivity index (χ1v) is 6.59. The fourth-order valence-corrected chi connectivity index (χ4v) is 2.13. The lowest BCUT2D eigenvalue weighted by Crippen LogP contribution is -2.13. The third-order valence-electron chi connectivity index (χ3n) is 3.13. The Labute approximate surface area is 120 Å². The molecule has 1 aromatic carbocycles. The molecule has 0 aliphatic rings. The topological polar surface area (TPSA) is 98.3 Å². The predicted octanol–water partition coefficient (Wildman–Crippen LogP) is 1.02. The summed E-state index contributed by atoms with van der Waals surface area (Å²) in [7, 11) is 0. The van der Waals surface area contributed by atoms with Crippen molar-refractivity contribution >= 4 is 5.65 Å². The molecule has 0 spiro atoms. The Morgan fingerprint density at radius 2 is 2.10 bits per heavy atom. The third-order valence-corrected chi connectivity index (χ3v) is 3.13. The molecule has 0 unspecified atom stereocenters. The van der Waals surface area contributed by atoms with E-state index in [4.69, 9.17) is 10.5 Å². The van der Waals surface area contributed by atoms with Crippen LogP contribution < -0.4 is 16.2 Å². The molecule has 2 heterocycles. The van der Waals surface area contributed by atoms with E-state index in [1.165, 1.54) is 4.40 Å². The van der Waals surface area contributed by atoms with Crippen molar-refractivity contribution in [2.75, 3.05) is 6.54 Å². The molecule has 2 aromatic heterocycles. The Kier molecular flexibility index (Phi) is 3.41. The number of nitrogens with zero attached hydrogens (tertiary/aromatic N) is 3. The van der Waals surface area contributed by atoms with Gasteiger partial charge in [-0.1, -0.05) is 12.1 Å². The Bertz CT molecular complexity index is 819. The number of hydrogen-bond acceptors (Lipinski definition) is 5. The standard InChI is InChI=1S/C14H15N5O2/c1-9-16-13(8-12-17-18-14(20)19(9)12)21-11-4-2-10(3-5-11)6-7-15/h2-5,8H,6-7,15H2,1H3,(H,18,20). The third kappa shape index (κ3) is 2.63. The van der Waals surface area contributed by atoms with E-state index in [1.54, 1.807) is 13.0 Å². The van der Waals surface area contributed by atoms with E-state index < -0.39 is 0 Å². The first kappa shape index (κ1) is 13.3. The highest BCUT2D eigenvalue weighted by molar-refractivity contribution is 5.42. The highest BCUT2D eigenvalue weighted by Gasteiger charge is 2.08. The summed E-state index contributed by atoms with van der Waals surface area (Å²) >= 11 is 0. The molecule has 3 N–H and O–H groups in total. The van der Waals surface area contributed by atoms with E-state index in [-0.39, 0.29) is 5.69 Å². The number of hydrogen-bond donors (Lipinski definition) is 2. The number of aromatic nitrogens is 4. The number of nitrogens with one attached hydrogen (secondary N) is 1. The van der Waals surface area contributed by atoms with Crippen LogP contribution in [0.15, 0.2) is 35.1 Å². The summed E-state index contributed by atoms with van der Waals surface area (Å²) in [5.74, 6) is 1.58.